The van der Waals surface area contributed by atoms with Gasteiger partial charge in [0.2, 0.25) is 5.95 Å². The number of aryl methyl sites for hydroxylation is 2. The molecular formula is C27H28N8O3. The molecule has 1 aliphatic rings. The average Bonchev–Trinajstić information content (AvgIpc) is 3.31. The van der Waals surface area contributed by atoms with Crippen molar-refractivity contribution in [3.63, 3.8) is 0 Å². The van der Waals surface area contributed by atoms with Crippen LogP contribution in [0.5, 0.6) is 5.75 Å². The van der Waals surface area contributed by atoms with Gasteiger partial charge in [-0.3, -0.25) is 10.1 Å². The largest absolute Gasteiger partial charge is 0.494 e. The molecule has 0 aliphatic carbocycles. The number of anilines is 3. The van der Waals surface area contributed by atoms with Gasteiger partial charge in [0, 0.05) is 56.0 Å². The Bertz CT molecular complexity index is 1570. The number of hydrogen-bond donors (Lipinski definition) is 2. The van der Waals surface area contributed by atoms with E-state index in [1.807, 2.05) is 25.4 Å². The Morgan fingerprint density at radius 3 is 2.92 bits per heavy atom. The Morgan fingerprint density at radius 2 is 2.18 bits per heavy atom. The maximum Gasteiger partial charge on any atom is 0.294 e. The molecule has 11 nitrogen and oxygen atoms in total. The molecule has 1 aliphatic heterocycles. The molecule has 194 valence electrons. The van der Waals surface area contributed by atoms with Crippen molar-refractivity contribution in [1.82, 2.24) is 19.9 Å². The lowest BCUT2D eigenvalue weighted by Crippen LogP contribution is -2.27. The lowest BCUT2D eigenvalue weighted by Gasteiger charge is -2.21. The third-order valence-electron chi connectivity index (χ3n) is 6.84. The number of hydrogen-bond acceptors (Lipinski definition) is 9. The molecule has 2 aromatic heterocycles. The first-order valence-corrected chi connectivity index (χ1v) is 12.3. The lowest BCUT2D eigenvalue weighted by atomic mass is 10.0. The van der Waals surface area contributed by atoms with Crippen LogP contribution >= 0.6 is 0 Å². The highest BCUT2D eigenvalue weighted by atomic mass is 16.6. The first-order valence-electron chi connectivity index (χ1n) is 12.3. The van der Waals surface area contributed by atoms with Gasteiger partial charge in [-0.25, -0.2) is 9.97 Å². The van der Waals surface area contributed by atoms with Gasteiger partial charge >= 0.3 is 0 Å². The minimum atomic E-state index is -0.422. The quantitative estimate of drug-likeness (QED) is 0.249. The average molecular weight is 513 g/mol. The van der Waals surface area contributed by atoms with Gasteiger partial charge < -0.3 is 24.8 Å². The molecule has 0 saturated heterocycles. The van der Waals surface area contributed by atoms with E-state index >= 15 is 0 Å². The van der Waals surface area contributed by atoms with Crippen LogP contribution in [0.2, 0.25) is 0 Å². The van der Waals surface area contributed by atoms with E-state index in [1.54, 1.807) is 18.0 Å². The Balaban J connectivity index is 1.57. The van der Waals surface area contributed by atoms with Crippen molar-refractivity contribution in [3.8, 4) is 23.1 Å². The number of nitrogens with one attached hydrogen (secondary N) is 2. The number of rotatable bonds is 9. The predicted octanol–water partition coefficient (Wildman–Crippen LogP) is 4.23. The number of nitriles is 1. The van der Waals surface area contributed by atoms with E-state index in [0.29, 0.717) is 41.5 Å². The summed E-state index contributed by atoms with van der Waals surface area (Å²) in [6.45, 7) is 2.14. The highest BCUT2D eigenvalue weighted by Gasteiger charge is 2.24. The standard InChI is InChI=1S/C27H28N8O3/c1-29-9-11-33(2)22-13-24(38-3)21(12-23(22)35(36)37)31-27-30-15-18(14-28)25(32-27)20-16-34-10-5-7-17-6-4-8-19(20)26(17)34/h4,6,8,12-13,15-16,29H,5,7,9-11H2,1-3H3,(H,30,31,32). The normalized spacial score (nSPS) is 12.3. The molecule has 2 aromatic carbocycles. The van der Waals surface area contributed by atoms with Crippen LogP contribution in [0.15, 0.2) is 42.7 Å². The second-order valence-electron chi connectivity index (χ2n) is 9.17. The molecule has 3 heterocycles. The van der Waals surface area contributed by atoms with Crippen molar-refractivity contribution in [2.75, 3.05) is 44.5 Å². The molecule has 0 fully saturated rings. The second-order valence-corrected chi connectivity index (χ2v) is 9.17. The fourth-order valence-corrected chi connectivity index (χ4v) is 4.97. The molecule has 2 N–H and O–H groups in total. The highest BCUT2D eigenvalue weighted by Crippen LogP contribution is 2.40. The van der Waals surface area contributed by atoms with E-state index in [4.69, 9.17) is 9.72 Å². The fourth-order valence-electron chi connectivity index (χ4n) is 4.97. The molecule has 0 saturated carbocycles. The van der Waals surface area contributed by atoms with Gasteiger partial charge in [0.1, 0.15) is 17.5 Å². The monoisotopic (exact) mass is 512 g/mol. The number of likely N-dealkylation sites (N-methyl/N-ethyl adjacent to an activating group) is 2. The molecule has 5 rings (SSSR count). The van der Waals surface area contributed by atoms with Crippen molar-refractivity contribution in [3.05, 3.63) is 64.0 Å². The van der Waals surface area contributed by atoms with Gasteiger partial charge in [-0.1, -0.05) is 18.2 Å². The summed E-state index contributed by atoms with van der Waals surface area (Å²) in [6.07, 6.45) is 5.58. The zero-order chi connectivity index (χ0) is 26.8. The molecule has 0 atom stereocenters. The van der Waals surface area contributed by atoms with Crippen molar-refractivity contribution >= 4 is 33.9 Å². The van der Waals surface area contributed by atoms with Crippen LogP contribution in [0.3, 0.4) is 0 Å². The molecule has 0 spiro atoms. The van der Waals surface area contributed by atoms with Crippen molar-refractivity contribution in [1.29, 1.82) is 5.26 Å². The number of benzene rings is 2. The zero-order valence-corrected chi connectivity index (χ0v) is 21.5. The third-order valence-corrected chi connectivity index (χ3v) is 6.84. The maximum absolute atomic E-state index is 11.9. The van der Waals surface area contributed by atoms with Crippen molar-refractivity contribution < 1.29 is 9.66 Å². The van der Waals surface area contributed by atoms with Gasteiger partial charge in [0.15, 0.2) is 0 Å². The molecule has 0 radical (unpaired) electrons. The Kier molecular flexibility index (Phi) is 6.81. The Morgan fingerprint density at radius 1 is 1.34 bits per heavy atom. The minimum Gasteiger partial charge on any atom is -0.494 e. The van der Waals surface area contributed by atoms with E-state index in [9.17, 15) is 15.4 Å². The van der Waals surface area contributed by atoms with Crippen LogP contribution in [0.4, 0.5) is 23.0 Å². The zero-order valence-electron chi connectivity index (χ0n) is 21.5. The number of nitro groups is 1. The van der Waals surface area contributed by atoms with Gasteiger partial charge in [0.25, 0.3) is 5.69 Å². The SMILES string of the molecule is CNCCN(C)c1cc(OC)c(Nc2ncc(C#N)c(-c3cn4c5c(cccc35)CCC4)n2)cc1[N+](=O)[O-]. The van der Waals surface area contributed by atoms with Crippen molar-refractivity contribution in [2.45, 2.75) is 19.4 Å². The summed E-state index contributed by atoms with van der Waals surface area (Å²) >= 11 is 0. The number of nitrogens with zero attached hydrogens (tertiary/aromatic N) is 6. The molecule has 4 aromatic rings. The van der Waals surface area contributed by atoms with Gasteiger partial charge in [-0.2, -0.15) is 5.26 Å². The lowest BCUT2D eigenvalue weighted by molar-refractivity contribution is -0.384. The van der Waals surface area contributed by atoms with E-state index < -0.39 is 4.92 Å². The fraction of sp³-hybridized carbons (Fsp3) is 0.296. The van der Waals surface area contributed by atoms with Crippen LogP contribution < -0.4 is 20.3 Å². The molecule has 0 amide bonds. The topological polar surface area (TPSA) is 134 Å². The van der Waals surface area contributed by atoms with Gasteiger partial charge in [-0.15, -0.1) is 0 Å². The predicted molar refractivity (Wildman–Crippen MR) is 146 cm³/mol. The first kappa shape index (κ1) is 25.0. The maximum atomic E-state index is 11.9. The van der Waals surface area contributed by atoms with Crippen LogP contribution in [-0.2, 0) is 13.0 Å². The molecule has 11 heteroatoms. The summed E-state index contributed by atoms with van der Waals surface area (Å²) in [5.74, 6) is 0.610. The number of aromatic nitrogens is 3. The summed E-state index contributed by atoms with van der Waals surface area (Å²) < 4.78 is 7.78. The minimum absolute atomic E-state index is 0.0743. The van der Waals surface area contributed by atoms with E-state index in [0.717, 1.165) is 30.3 Å². The van der Waals surface area contributed by atoms with Crippen molar-refractivity contribution in [2.24, 2.45) is 0 Å². The van der Waals surface area contributed by atoms with Gasteiger partial charge in [-0.05, 0) is 25.5 Å². The van der Waals surface area contributed by atoms with Crippen LogP contribution in [0.1, 0.15) is 17.5 Å². The molecule has 38 heavy (non-hydrogen) atoms. The van der Waals surface area contributed by atoms with E-state index in [2.05, 4.69) is 32.3 Å². The summed E-state index contributed by atoms with van der Waals surface area (Å²) in [5, 5.41) is 28.9. The highest BCUT2D eigenvalue weighted by molar-refractivity contribution is 5.98. The Hall–Kier alpha value is -4.69. The number of ether oxygens (including phenoxy) is 1. The van der Waals surface area contributed by atoms with Gasteiger partial charge in [0.05, 0.1) is 40.7 Å². The number of methoxy groups -OCH3 is 1. The second kappa shape index (κ2) is 10.4. The number of para-hydroxylation sites is 1. The van der Waals surface area contributed by atoms with E-state index in [1.165, 1.54) is 30.5 Å². The smallest absolute Gasteiger partial charge is 0.294 e. The number of nitro benzene ring substituents is 1. The molecule has 0 unspecified atom stereocenters. The summed E-state index contributed by atoms with van der Waals surface area (Å²) in [6, 6.07) is 11.5. The van der Waals surface area contributed by atoms with Crippen LogP contribution in [0.25, 0.3) is 22.2 Å². The molecule has 0 bridgehead atoms. The summed E-state index contributed by atoms with van der Waals surface area (Å²) in [4.78, 5) is 22.3. The summed E-state index contributed by atoms with van der Waals surface area (Å²) in [5.41, 5.74) is 4.86. The summed E-state index contributed by atoms with van der Waals surface area (Å²) in [7, 11) is 5.12. The molecular weight excluding hydrogens is 484 g/mol. The van der Waals surface area contributed by atoms with Crippen LogP contribution in [-0.4, -0.2) is 53.8 Å². The Labute approximate surface area is 219 Å². The third kappa shape index (κ3) is 4.46. The van der Waals surface area contributed by atoms with E-state index in [-0.39, 0.29) is 11.6 Å². The van der Waals surface area contributed by atoms with Crippen LogP contribution in [0, 0.1) is 21.4 Å². The first-order chi connectivity index (χ1) is 18.4.